The maximum Gasteiger partial charge on any atom is 0.103 e. The summed E-state index contributed by atoms with van der Waals surface area (Å²) >= 11 is 0. The molecular formula is C18H22P+. The van der Waals surface area contributed by atoms with E-state index >= 15 is 0 Å². The minimum absolute atomic E-state index is 0.722. The maximum absolute atomic E-state index is 2.40. The molecule has 2 aromatic carbocycles. The summed E-state index contributed by atoms with van der Waals surface area (Å²) in [5.74, 6) is 0.722. The average molecular weight is 269 g/mol. The third-order valence-corrected chi connectivity index (χ3v) is 9.38. The molecule has 0 saturated heterocycles. The summed E-state index contributed by atoms with van der Waals surface area (Å²) in [7, 11) is -1.15. The van der Waals surface area contributed by atoms with Crippen LogP contribution in [0.4, 0.5) is 0 Å². The molecule has 1 unspecified atom stereocenters. The Balaban J connectivity index is 2.21. The van der Waals surface area contributed by atoms with E-state index in [1.54, 1.807) is 16.2 Å². The molecule has 0 aliphatic carbocycles. The number of fused-ring (bicyclic) bond motifs is 1. The van der Waals surface area contributed by atoms with Gasteiger partial charge in [-0.25, -0.2) is 0 Å². The van der Waals surface area contributed by atoms with Crippen LogP contribution in [0.2, 0.25) is 0 Å². The molecule has 0 spiro atoms. The van der Waals surface area contributed by atoms with Crippen LogP contribution in [0, 0.1) is 0 Å². The van der Waals surface area contributed by atoms with Gasteiger partial charge in [-0.15, -0.1) is 0 Å². The lowest BCUT2D eigenvalue weighted by Gasteiger charge is -2.34. The van der Waals surface area contributed by atoms with Crippen molar-refractivity contribution in [3.63, 3.8) is 0 Å². The van der Waals surface area contributed by atoms with Crippen molar-refractivity contribution < 1.29 is 0 Å². The molecular weight excluding hydrogens is 247 g/mol. The van der Waals surface area contributed by atoms with E-state index in [2.05, 4.69) is 68.4 Å². The quantitative estimate of drug-likeness (QED) is 0.717. The molecule has 0 amide bonds. The van der Waals surface area contributed by atoms with Gasteiger partial charge in [0.1, 0.15) is 5.30 Å². The molecule has 2 aromatic rings. The Morgan fingerprint density at radius 3 is 2.42 bits per heavy atom. The Labute approximate surface area is 117 Å². The zero-order chi connectivity index (χ0) is 13.3. The highest BCUT2D eigenvalue weighted by Gasteiger charge is 2.45. The largest absolute Gasteiger partial charge is 0.103 e. The van der Waals surface area contributed by atoms with Crippen LogP contribution >= 0.6 is 7.26 Å². The number of hydrogen-bond donors (Lipinski definition) is 0. The van der Waals surface area contributed by atoms with Crippen LogP contribution in [-0.4, -0.2) is 12.3 Å². The molecule has 3 rings (SSSR count). The monoisotopic (exact) mass is 269 g/mol. The minimum Gasteiger partial charge on any atom is -0.0620 e. The van der Waals surface area contributed by atoms with Gasteiger partial charge >= 0.3 is 0 Å². The highest BCUT2D eigenvalue weighted by molar-refractivity contribution is 7.89. The van der Waals surface area contributed by atoms with Crippen molar-refractivity contribution >= 4 is 17.9 Å². The highest BCUT2D eigenvalue weighted by atomic mass is 31.2. The molecule has 0 nitrogen and oxygen atoms in total. The van der Waals surface area contributed by atoms with Gasteiger partial charge in [-0.2, -0.15) is 0 Å². The maximum atomic E-state index is 2.40. The van der Waals surface area contributed by atoms with E-state index < -0.39 is 7.26 Å². The van der Waals surface area contributed by atoms with Gasteiger partial charge in [0, 0.05) is 0 Å². The van der Waals surface area contributed by atoms with E-state index in [9.17, 15) is 0 Å². The SMILES string of the molecule is CC[P+]1(c2ccccc2)CC[C@H](C)c2ccccc21. The first kappa shape index (κ1) is 12.9. The fourth-order valence-corrected chi connectivity index (χ4v) is 8.01. The first-order valence-corrected chi connectivity index (χ1v) is 9.46. The molecule has 0 bridgehead atoms. The molecule has 0 radical (unpaired) electrons. The molecule has 2 atom stereocenters. The third-order valence-electron chi connectivity index (χ3n) is 4.66. The van der Waals surface area contributed by atoms with Gasteiger partial charge in [0.25, 0.3) is 0 Å². The fourth-order valence-electron chi connectivity index (χ4n) is 3.48. The number of benzene rings is 2. The van der Waals surface area contributed by atoms with Gasteiger partial charge in [-0.05, 0) is 43.0 Å². The fraction of sp³-hybridized carbons (Fsp3) is 0.333. The summed E-state index contributed by atoms with van der Waals surface area (Å²) in [4.78, 5) is 0. The van der Waals surface area contributed by atoms with Crippen LogP contribution in [0.25, 0.3) is 0 Å². The molecule has 98 valence electrons. The van der Waals surface area contributed by atoms with Crippen LogP contribution < -0.4 is 10.6 Å². The Kier molecular flexibility index (Phi) is 3.46. The Morgan fingerprint density at radius 1 is 1.00 bits per heavy atom. The summed E-state index contributed by atoms with van der Waals surface area (Å²) in [6.45, 7) is 4.76. The molecule has 1 heteroatoms. The molecule has 1 aliphatic heterocycles. The molecule has 1 aliphatic rings. The van der Waals surface area contributed by atoms with Gasteiger partial charge in [-0.3, -0.25) is 0 Å². The van der Waals surface area contributed by atoms with Crippen molar-refractivity contribution in [3.05, 3.63) is 60.2 Å². The van der Waals surface area contributed by atoms with Crippen molar-refractivity contribution in [2.45, 2.75) is 26.2 Å². The highest BCUT2D eigenvalue weighted by Crippen LogP contribution is 2.60. The average Bonchev–Trinajstić information content (AvgIpc) is 2.49. The van der Waals surface area contributed by atoms with Gasteiger partial charge < -0.3 is 0 Å². The lowest BCUT2D eigenvalue weighted by Crippen LogP contribution is -2.33. The summed E-state index contributed by atoms with van der Waals surface area (Å²) in [5, 5.41) is 3.26. The van der Waals surface area contributed by atoms with Crippen LogP contribution in [0.1, 0.15) is 31.7 Å². The standard InChI is InChI=1S/C18H22P/c1-3-19(16-9-5-4-6-10-16)14-13-15(2)17-11-7-8-12-18(17)19/h4-12,15H,3,13-14H2,1-2H3/q+1/t15-,19?/m0/s1. The second-order valence-electron chi connectivity index (χ2n) is 5.59. The molecule has 0 aromatic heterocycles. The smallest absolute Gasteiger partial charge is 0.0620 e. The minimum atomic E-state index is -1.15. The van der Waals surface area contributed by atoms with Crippen molar-refractivity contribution in [3.8, 4) is 0 Å². The third kappa shape index (κ3) is 2.03. The van der Waals surface area contributed by atoms with E-state index in [4.69, 9.17) is 0 Å². The first-order valence-electron chi connectivity index (χ1n) is 7.30. The molecule has 0 saturated carbocycles. The van der Waals surface area contributed by atoms with E-state index in [0.29, 0.717) is 0 Å². The Hall–Kier alpha value is -1.13. The van der Waals surface area contributed by atoms with E-state index in [-0.39, 0.29) is 0 Å². The normalized spacial score (nSPS) is 25.9. The summed E-state index contributed by atoms with van der Waals surface area (Å²) in [5.41, 5.74) is 1.60. The van der Waals surface area contributed by atoms with E-state index in [1.807, 2.05) is 0 Å². The number of rotatable bonds is 2. The lowest BCUT2D eigenvalue weighted by molar-refractivity contribution is 0.732. The Morgan fingerprint density at radius 2 is 1.68 bits per heavy atom. The van der Waals surface area contributed by atoms with E-state index in [1.165, 1.54) is 18.7 Å². The molecule has 1 heterocycles. The predicted octanol–water partition coefficient (Wildman–Crippen LogP) is 4.18. The topological polar surface area (TPSA) is 0 Å². The molecule has 0 fully saturated rings. The van der Waals surface area contributed by atoms with Gasteiger partial charge in [-0.1, -0.05) is 43.3 Å². The molecule has 0 N–H and O–H groups in total. The van der Waals surface area contributed by atoms with Crippen molar-refractivity contribution in [2.75, 3.05) is 12.3 Å². The zero-order valence-corrected chi connectivity index (χ0v) is 12.7. The summed E-state index contributed by atoms with van der Waals surface area (Å²) < 4.78 is 0. The predicted molar refractivity (Wildman–Crippen MR) is 87.5 cm³/mol. The summed E-state index contributed by atoms with van der Waals surface area (Å²) in [6.07, 6.45) is 4.01. The zero-order valence-electron chi connectivity index (χ0n) is 11.8. The van der Waals surface area contributed by atoms with Crippen molar-refractivity contribution in [1.29, 1.82) is 0 Å². The van der Waals surface area contributed by atoms with Gasteiger partial charge in [0.05, 0.1) is 24.9 Å². The number of hydrogen-bond acceptors (Lipinski definition) is 0. The summed E-state index contributed by atoms with van der Waals surface area (Å²) in [6, 6.07) is 20.4. The lowest BCUT2D eigenvalue weighted by atomic mass is 9.98. The Bertz CT molecular complexity index is 561. The van der Waals surface area contributed by atoms with Crippen LogP contribution in [0.5, 0.6) is 0 Å². The van der Waals surface area contributed by atoms with E-state index in [0.717, 1.165) is 5.92 Å². The van der Waals surface area contributed by atoms with Crippen LogP contribution in [0.3, 0.4) is 0 Å². The molecule has 19 heavy (non-hydrogen) atoms. The first-order chi connectivity index (χ1) is 9.28. The van der Waals surface area contributed by atoms with Crippen molar-refractivity contribution in [2.24, 2.45) is 0 Å². The van der Waals surface area contributed by atoms with Crippen LogP contribution in [0.15, 0.2) is 54.6 Å². The van der Waals surface area contributed by atoms with Gasteiger partial charge in [0.15, 0.2) is 0 Å². The van der Waals surface area contributed by atoms with Crippen LogP contribution in [-0.2, 0) is 0 Å². The second kappa shape index (κ2) is 5.10. The van der Waals surface area contributed by atoms with Crippen molar-refractivity contribution in [1.82, 2.24) is 0 Å². The second-order valence-corrected chi connectivity index (χ2v) is 9.61. The van der Waals surface area contributed by atoms with Gasteiger partial charge in [0.2, 0.25) is 0 Å².